The van der Waals surface area contributed by atoms with E-state index in [1.54, 1.807) is 13.0 Å². The number of nitrogens with one attached hydrogen (secondary N) is 1. The molecule has 0 fully saturated rings. The number of aryl methyl sites for hydroxylation is 1. The molecular formula is C12H14F3N. The second-order valence-corrected chi connectivity index (χ2v) is 3.70. The summed E-state index contributed by atoms with van der Waals surface area (Å²) in [5, 5.41) is 2.95. The fraction of sp³-hybridized carbons (Fsp3) is 0.333. The Hall–Kier alpha value is -1.45. The van der Waals surface area contributed by atoms with Crippen molar-refractivity contribution in [1.29, 1.82) is 0 Å². The van der Waals surface area contributed by atoms with Crippen molar-refractivity contribution in [1.82, 2.24) is 0 Å². The SMILES string of the molecule is C=CC(C)Nc1cc(C(F)(F)F)ccc1C. The maximum absolute atomic E-state index is 12.5. The van der Waals surface area contributed by atoms with Gasteiger partial charge in [-0.3, -0.25) is 0 Å². The van der Waals surface area contributed by atoms with Crippen molar-refractivity contribution in [2.24, 2.45) is 0 Å². The normalized spacial score (nSPS) is 13.3. The molecule has 0 saturated carbocycles. The molecule has 1 aromatic carbocycles. The van der Waals surface area contributed by atoms with Gasteiger partial charge in [-0.2, -0.15) is 13.2 Å². The quantitative estimate of drug-likeness (QED) is 0.772. The Morgan fingerprint density at radius 2 is 2.00 bits per heavy atom. The zero-order valence-electron chi connectivity index (χ0n) is 9.23. The molecule has 88 valence electrons. The number of anilines is 1. The van der Waals surface area contributed by atoms with Gasteiger partial charge in [-0.25, -0.2) is 0 Å². The minimum Gasteiger partial charge on any atom is -0.379 e. The predicted molar refractivity (Wildman–Crippen MR) is 59.5 cm³/mol. The highest BCUT2D eigenvalue weighted by Crippen LogP contribution is 2.32. The van der Waals surface area contributed by atoms with Crippen molar-refractivity contribution in [3.8, 4) is 0 Å². The summed E-state index contributed by atoms with van der Waals surface area (Å²) in [6, 6.07) is 3.59. The van der Waals surface area contributed by atoms with Crippen LogP contribution in [0.4, 0.5) is 18.9 Å². The fourth-order valence-corrected chi connectivity index (χ4v) is 1.26. The van der Waals surface area contributed by atoms with E-state index in [4.69, 9.17) is 0 Å². The Balaban J connectivity index is 3.04. The maximum Gasteiger partial charge on any atom is 0.416 e. The number of halogens is 3. The molecule has 1 aromatic rings. The van der Waals surface area contributed by atoms with Crippen LogP contribution in [0.2, 0.25) is 0 Å². The Labute approximate surface area is 93.0 Å². The fourth-order valence-electron chi connectivity index (χ4n) is 1.26. The van der Waals surface area contributed by atoms with Crippen LogP contribution in [0.5, 0.6) is 0 Å². The zero-order chi connectivity index (χ0) is 12.3. The molecule has 1 rings (SSSR count). The maximum atomic E-state index is 12.5. The summed E-state index contributed by atoms with van der Waals surface area (Å²) in [4.78, 5) is 0. The smallest absolute Gasteiger partial charge is 0.379 e. The van der Waals surface area contributed by atoms with Crippen LogP contribution < -0.4 is 5.32 Å². The Kier molecular flexibility index (Phi) is 3.62. The topological polar surface area (TPSA) is 12.0 Å². The first-order valence-electron chi connectivity index (χ1n) is 4.91. The van der Waals surface area contributed by atoms with Crippen molar-refractivity contribution < 1.29 is 13.2 Å². The molecule has 0 amide bonds. The van der Waals surface area contributed by atoms with Gasteiger partial charge in [-0.1, -0.05) is 12.1 Å². The van der Waals surface area contributed by atoms with Gasteiger partial charge in [-0.15, -0.1) is 6.58 Å². The van der Waals surface area contributed by atoms with E-state index in [1.807, 2.05) is 6.92 Å². The molecule has 0 bridgehead atoms. The van der Waals surface area contributed by atoms with E-state index in [-0.39, 0.29) is 6.04 Å². The predicted octanol–water partition coefficient (Wildman–Crippen LogP) is 4.00. The van der Waals surface area contributed by atoms with Gasteiger partial charge >= 0.3 is 6.18 Å². The molecule has 1 nitrogen and oxygen atoms in total. The Bertz CT molecular complexity index is 382. The van der Waals surface area contributed by atoms with Crippen molar-refractivity contribution in [2.75, 3.05) is 5.32 Å². The number of hydrogen-bond donors (Lipinski definition) is 1. The largest absolute Gasteiger partial charge is 0.416 e. The summed E-state index contributed by atoms with van der Waals surface area (Å²) in [6.45, 7) is 7.16. The average molecular weight is 229 g/mol. The first-order chi connectivity index (χ1) is 7.34. The number of benzene rings is 1. The van der Waals surface area contributed by atoms with Crippen LogP contribution in [0.3, 0.4) is 0 Å². The molecule has 0 aliphatic rings. The van der Waals surface area contributed by atoms with Crippen molar-refractivity contribution >= 4 is 5.69 Å². The van der Waals surface area contributed by atoms with E-state index in [1.165, 1.54) is 6.07 Å². The minimum atomic E-state index is -4.30. The molecule has 0 aliphatic carbocycles. The van der Waals surface area contributed by atoms with E-state index in [9.17, 15) is 13.2 Å². The summed E-state index contributed by atoms with van der Waals surface area (Å²) in [6.07, 6.45) is -2.67. The van der Waals surface area contributed by atoms with Crippen LogP contribution >= 0.6 is 0 Å². The van der Waals surface area contributed by atoms with Gasteiger partial charge in [0.05, 0.1) is 5.56 Å². The molecule has 16 heavy (non-hydrogen) atoms. The van der Waals surface area contributed by atoms with Gasteiger partial charge < -0.3 is 5.32 Å². The van der Waals surface area contributed by atoms with Crippen LogP contribution in [-0.2, 0) is 6.18 Å². The second-order valence-electron chi connectivity index (χ2n) is 3.70. The third-order valence-corrected chi connectivity index (χ3v) is 2.30. The van der Waals surface area contributed by atoms with Gasteiger partial charge in [0.25, 0.3) is 0 Å². The van der Waals surface area contributed by atoms with Gasteiger partial charge in [0.1, 0.15) is 0 Å². The van der Waals surface area contributed by atoms with Crippen LogP contribution in [-0.4, -0.2) is 6.04 Å². The van der Waals surface area contributed by atoms with Crippen molar-refractivity contribution in [2.45, 2.75) is 26.1 Å². The van der Waals surface area contributed by atoms with Crippen LogP contribution in [0.15, 0.2) is 30.9 Å². The lowest BCUT2D eigenvalue weighted by atomic mass is 10.1. The summed E-state index contributed by atoms with van der Waals surface area (Å²) >= 11 is 0. The highest BCUT2D eigenvalue weighted by molar-refractivity contribution is 5.54. The Morgan fingerprint density at radius 1 is 1.38 bits per heavy atom. The van der Waals surface area contributed by atoms with Gasteiger partial charge in [-0.05, 0) is 31.5 Å². The lowest BCUT2D eigenvalue weighted by Gasteiger charge is -2.15. The number of rotatable bonds is 3. The molecule has 0 spiro atoms. The van der Waals surface area contributed by atoms with E-state index < -0.39 is 11.7 Å². The average Bonchev–Trinajstić information content (AvgIpc) is 2.19. The lowest BCUT2D eigenvalue weighted by molar-refractivity contribution is -0.137. The lowest BCUT2D eigenvalue weighted by Crippen LogP contribution is -2.13. The summed E-state index contributed by atoms with van der Waals surface area (Å²) in [5.74, 6) is 0. The molecular weight excluding hydrogens is 215 g/mol. The summed E-state index contributed by atoms with van der Waals surface area (Å²) in [5.41, 5.74) is 0.626. The van der Waals surface area contributed by atoms with E-state index >= 15 is 0 Å². The molecule has 0 saturated heterocycles. The standard InChI is InChI=1S/C12H14F3N/c1-4-9(3)16-11-7-10(12(13,14)15)6-5-8(11)2/h4-7,9,16H,1H2,2-3H3. The molecule has 1 N–H and O–H groups in total. The molecule has 1 atom stereocenters. The van der Waals surface area contributed by atoms with Crippen molar-refractivity contribution in [3.05, 3.63) is 42.0 Å². The van der Waals surface area contributed by atoms with Gasteiger partial charge in [0.15, 0.2) is 0 Å². The third-order valence-electron chi connectivity index (χ3n) is 2.30. The van der Waals surface area contributed by atoms with Crippen LogP contribution in [0.25, 0.3) is 0 Å². The first kappa shape index (κ1) is 12.6. The molecule has 1 unspecified atom stereocenters. The van der Waals surface area contributed by atoms with Gasteiger partial charge in [0, 0.05) is 11.7 Å². The summed E-state index contributed by atoms with van der Waals surface area (Å²) in [7, 11) is 0. The number of alkyl halides is 3. The highest BCUT2D eigenvalue weighted by Gasteiger charge is 2.30. The van der Waals surface area contributed by atoms with E-state index in [0.29, 0.717) is 5.69 Å². The highest BCUT2D eigenvalue weighted by atomic mass is 19.4. The minimum absolute atomic E-state index is 0.0674. The molecule has 0 radical (unpaired) electrons. The summed E-state index contributed by atoms with van der Waals surface area (Å²) < 4.78 is 37.4. The monoisotopic (exact) mass is 229 g/mol. The number of hydrogen-bond acceptors (Lipinski definition) is 1. The van der Waals surface area contributed by atoms with E-state index in [2.05, 4.69) is 11.9 Å². The third kappa shape index (κ3) is 3.02. The zero-order valence-corrected chi connectivity index (χ0v) is 9.23. The van der Waals surface area contributed by atoms with Crippen molar-refractivity contribution in [3.63, 3.8) is 0 Å². The molecule has 0 aliphatic heterocycles. The van der Waals surface area contributed by atoms with E-state index in [0.717, 1.165) is 17.7 Å². The Morgan fingerprint density at radius 3 is 2.50 bits per heavy atom. The molecule has 0 aromatic heterocycles. The first-order valence-corrected chi connectivity index (χ1v) is 4.91. The molecule has 0 heterocycles. The van der Waals surface area contributed by atoms with Crippen LogP contribution in [0, 0.1) is 6.92 Å². The molecule has 4 heteroatoms. The van der Waals surface area contributed by atoms with Gasteiger partial charge in [0.2, 0.25) is 0 Å². The second kappa shape index (κ2) is 4.60. The van der Waals surface area contributed by atoms with Crippen LogP contribution in [0.1, 0.15) is 18.1 Å².